The standard InChI is InChI=1S/C15H23NO2/c1-14(2)10-13(15(3,4)18-14)16-11-7-6-8-12(9-11)17-5/h6-9,13,16H,10H2,1-5H3. The van der Waals surface area contributed by atoms with Gasteiger partial charge in [0.25, 0.3) is 0 Å². The Hall–Kier alpha value is -1.22. The summed E-state index contributed by atoms with van der Waals surface area (Å²) >= 11 is 0. The van der Waals surface area contributed by atoms with Gasteiger partial charge in [-0.15, -0.1) is 0 Å². The highest BCUT2D eigenvalue weighted by atomic mass is 16.5. The zero-order valence-corrected chi connectivity index (χ0v) is 11.9. The SMILES string of the molecule is COc1cccc(NC2CC(C)(C)OC2(C)C)c1. The minimum Gasteiger partial charge on any atom is -0.497 e. The van der Waals surface area contributed by atoms with Crippen LogP contribution in [0.25, 0.3) is 0 Å². The number of benzene rings is 1. The van der Waals surface area contributed by atoms with Gasteiger partial charge >= 0.3 is 0 Å². The summed E-state index contributed by atoms with van der Waals surface area (Å²) in [6, 6.07) is 8.32. The van der Waals surface area contributed by atoms with Gasteiger partial charge in [0.1, 0.15) is 5.75 Å². The van der Waals surface area contributed by atoms with Crippen LogP contribution in [0.1, 0.15) is 34.1 Å². The van der Waals surface area contributed by atoms with Gasteiger partial charge in [0, 0.05) is 11.8 Å². The van der Waals surface area contributed by atoms with Crippen molar-refractivity contribution in [1.29, 1.82) is 0 Å². The number of anilines is 1. The summed E-state index contributed by atoms with van der Waals surface area (Å²) in [5.41, 5.74) is 0.848. The van der Waals surface area contributed by atoms with Crippen LogP contribution in [0.4, 0.5) is 5.69 Å². The van der Waals surface area contributed by atoms with Crippen molar-refractivity contribution in [3.05, 3.63) is 24.3 Å². The van der Waals surface area contributed by atoms with E-state index in [0.717, 1.165) is 17.9 Å². The molecule has 3 nitrogen and oxygen atoms in total. The van der Waals surface area contributed by atoms with Gasteiger partial charge in [0.05, 0.1) is 24.4 Å². The van der Waals surface area contributed by atoms with Gasteiger partial charge in [-0.2, -0.15) is 0 Å². The first-order chi connectivity index (χ1) is 8.32. The van der Waals surface area contributed by atoms with Crippen LogP contribution in [0.5, 0.6) is 5.75 Å². The van der Waals surface area contributed by atoms with Crippen LogP contribution in [0.15, 0.2) is 24.3 Å². The maximum atomic E-state index is 6.08. The molecule has 0 amide bonds. The van der Waals surface area contributed by atoms with Crippen LogP contribution >= 0.6 is 0 Å². The van der Waals surface area contributed by atoms with E-state index >= 15 is 0 Å². The molecule has 0 bridgehead atoms. The van der Waals surface area contributed by atoms with Crippen LogP contribution in [0.2, 0.25) is 0 Å². The molecule has 1 heterocycles. The van der Waals surface area contributed by atoms with Crippen molar-refractivity contribution in [3.8, 4) is 5.75 Å². The number of nitrogens with one attached hydrogen (secondary N) is 1. The fourth-order valence-corrected chi connectivity index (χ4v) is 2.70. The normalized spacial score (nSPS) is 24.8. The molecular weight excluding hydrogens is 226 g/mol. The predicted molar refractivity (Wildman–Crippen MR) is 74.3 cm³/mol. The number of rotatable bonds is 3. The van der Waals surface area contributed by atoms with Gasteiger partial charge in [-0.3, -0.25) is 0 Å². The second-order valence-electron chi connectivity index (χ2n) is 6.10. The zero-order chi connectivity index (χ0) is 13.4. The van der Waals surface area contributed by atoms with Crippen LogP contribution in [0.3, 0.4) is 0 Å². The number of ether oxygens (including phenoxy) is 2. The lowest BCUT2D eigenvalue weighted by Gasteiger charge is -2.28. The molecule has 18 heavy (non-hydrogen) atoms. The van der Waals surface area contributed by atoms with Crippen molar-refractivity contribution in [2.24, 2.45) is 0 Å². The lowest BCUT2D eigenvalue weighted by atomic mass is 9.94. The Morgan fingerprint density at radius 3 is 2.56 bits per heavy atom. The Balaban J connectivity index is 2.13. The molecule has 100 valence electrons. The molecule has 0 saturated carbocycles. The van der Waals surface area contributed by atoms with Crippen molar-refractivity contribution in [1.82, 2.24) is 0 Å². The average Bonchev–Trinajstić information content (AvgIpc) is 2.47. The highest BCUT2D eigenvalue weighted by Crippen LogP contribution is 2.39. The molecule has 1 aliphatic rings. The van der Waals surface area contributed by atoms with E-state index in [-0.39, 0.29) is 11.2 Å². The monoisotopic (exact) mass is 249 g/mol. The highest BCUT2D eigenvalue weighted by molar-refractivity contribution is 5.49. The maximum Gasteiger partial charge on any atom is 0.120 e. The molecule has 0 aromatic heterocycles. The number of methoxy groups -OCH3 is 1. The quantitative estimate of drug-likeness (QED) is 0.890. The maximum absolute atomic E-state index is 6.08. The summed E-state index contributed by atoms with van der Waals surface area (Å²) in [6.07, 6.45) is 0.997. The van der Waals surface area contributed by atoms with Crippen LogP contribution in [0, 0.1) is 0 Å². The minimum atomic E-state index is -0.160. The zero-order valence-electron chi connectivity index (χ0n) is 11.9. The summed E-state index contributed by atoms with van der Waals surface area (Å²) < 4.78 is 11.3. The molecule has 3 heteroatoms. The lowest BCUT2D eigenvalue weighted by molar-refractivity contribution is -0.0662. The molecule has 1 saturated heterocycles. The molecule has 1 N–H and O–H groups in total. The third kappa shape index (κ3) is 2.78. The predicted octanol–water partition coefficient (Wildman–Crippen LogP) is 3.45. The van der Waals surface area contributed by atoms with Gasteiger partial charge < -0.3 is 14.8 Å². The summed E-state index contributed by atoms with van der Waals surface area (Å²) in [7, 11) is 1.69. The molecule has 0 spiro atoms. The van der Waals surface area contributed by atoms with E-state index in [1.165, 1.54) is 0 Å². The van der Waals surface area contributed by atoms with E-state index in [1.807, 2.05) is 18.2 Å². The second kappa shape index (κ2) is 4.47. The molecule has 1 aromatic carbocycles. The average molecular weight is 249 g/mol. The van der Waals surface area contributed by atoms with E-state index < -0.39 is 0 Å². The van der Waals surface area contributed by atoms with Crippen LogP contribution in [-0.4, -0.2) is 24.4 Å². The van der Waals surface area contributed by atoms with E-state index in [2.05, 4.69) is 39.1 Å². The van der Waals surface area contributed by atoms with Gasteiger partial charge in [-0.25, -0.2) is 0 Å². The Morgan fingerprint density at radius 2 is 2.00 bits per heavy atom. The summed E-state index contributed by atoms with van der Waals surface area (Å²) in [5.74, 6) is 0.871. The summed E-state index contributed by atoms with van der Waals surface area (Å²) in [6.45, 7) is 8.56. The molecular formula is C15H23NO2. The van der Waals surface area contributed by atoms with Gasteiger partial charge in [0.15, 0.2) is 0 Å². The second-order valence-corrected chi connectivity index (χ2v) is 6.10. The fourth-order valence-electron chi connectivity index (χ4n) is 2.70. The molecule has 1 unspecified atom stereocenters. The third-order valence-electron chi connectivity index (χ3n) is 3.48. The summed E-state index contributed by atoms with van der Waals surface area (Å²) in [4.78, 5) is 0. The molecule has 1 fully saturated rings. The molecule has 1 aromatic rings. The van der Waals surface area contributed by atoms with E-state index in [4.69, 9.17) is 9.47 Å². The van der Waals surface area contributed by atoms with Crippen LogP contribution in [-0.2, 0) is 4.74 Å². The van der Waals surface area contributed by atoms with Gasteiger partial charge in [-0.05, 0) is 46.2 Å². The molecule has 2 rings (SSSR count). The lowest BCUT2D eigenvalue weighted by Crippen LogP contribution is -2.38. The first-order valence-electron chi connectivity index (χ1n) is 6.43. The van der Waals surface area contributed by atoms with E-state index in [9.17, 15) is 0 Å². The molecule has 1 atom stereocenters. The van der Waals surface area contributed by atoms with Gasteiger partial charge in [0.2, 0.25) is 0 Å². The first-order valence-corrected chi connectivity index (χ1v) is 6.43. The highest BCUT2D eigenvalue weighted by Gasteiger charge is 2.45. The first kappa shape index (κ1) is 13.2. The molecule has 0 radical (unpaired) electrons. The topological polar surface area (TPSA) is 30.5 Å². The Bertz CT molecular complexity index is 426. The van der Waals surface area contributed by atoms with Crippen molar-refractivity contribution in [2.75, 3.05) is 12.4 Å². The fraction of sp³-hybridized carbons (Fsp3) is 0.600. The molecule has 1 aliphatic heterocycles. The Morgan fingerprint density at radius 1 is 1.28 bits per heavy atom. The van der Waals surface area contributed by atoms with Crippen molar-refractivity contribution in [2.45, 2.75) is 51.4 Å². The third-order valence-corrected chi connectivity index (χ3v) is 3.48. The van der Waals surface area contributed by atoms with Gasteiger partial charge in [-0.1, -0.05) is 6.07 Å². The van der Waals surface area contributed by atoms with Crippen LogP contribution < -0.4 is 10.1 Å². The largest absolute Gasteiger partial charge is 0.497 e. The van der Waals surface area contributed by atoms with E-state index in [1.54, 1.807) is 7.11 Å². The van der Waals surface area contributed by atoms with Crippen molar-refractivity contribution in [3.63, 3.8) is 0 Å². The minimum absolute atomic E-state index is 0.0694. The van der Waals surface area contributed by atoms with Crippen molar-refractivity contribution >= 4 is 5.69 Å². The Labute approximate surface area is 109 Å². The number of hydrogen-bond acceptors (Lipinski definition) is 3. The smallest absolute Gasteiger partial charge is 0.120 e. The number of hydrogen-bond donors (Lipinski definition) is 1. The molecule has 0 aliphatic carbocycles. The Kier molecular flexibility index (Phi) is 3.28. The summed E-state index contributed by atoms with van der Waals surface area (Å²) in [5, 5.41) is 3.56. The van der Waals surface area contributed by atoms with Crippen molar-refractivity contribution < 1.29 is 9.47 Å². The van der Waals surface area contributed by atoms with E-state index in [0.29, 0.717) is 6.04 Å².